The monoisotopic (exact) mass is 308 g/mol. The molecular formula is C15H20N2OS2. The van der Waals surface area contributed by atoms with Crippen LogP contribution < -0.4 is 0 Å². The molecule has 0 spiro atoms. The third kappa shape index (κ3) is 2.85. The molecule has 3 rings (SSSR count). The van der Waals surface area contributed by atoms with Gasteiger partial charge < -0.3 is 5.11 Å². The Kier molecular flexibility index (Phi) is 4.58. The first kappa shape index (κ1) is 14.3. The van der Waals surface area contributed by atoms with Crippen molar-refractivity contribution in [2.75, 3.05) is 17.3 Å². The van der Waals surface area contributed by atoms with Crippen molar-refractivity contribution in [1.29, 1.82) is 0 Å². The second-order valence-corrected chi connectivity index (χ2v) is 7.53. The zero-order valence-electron chi connectivity index (χ0n) is 11.7. The predicted octanol–water partition coefficient (Wildman–Crippen LogP) is 2.81. The number of para-hydroxylation sites is 1. The molecule has 1 aromatic carbocycles. The number of aliphatic hydroxyl groups is 1. The number of rotatable bonds is 4. The van der Waals surface area contributed by atoms with Gasteiger partial charge in [0.15, 0.2) is 0 Å². The van der Waals surface area contributed by atoms with Crippen LogP contribution >= 0.6 is 23.5 Å². The minimum Gasteiger partial charge on any atom is -0.392 e. The maximum Gasteiger partial charge on any atom is 0.0729 e. The SMILES string of the molecule is CCn1nc(CC(O)C2CSCCS2)c2ccccc21. The van der Waals surface area contributed by atoms with Gasteiger partial charge >= 0.3 is 0 Å². The van der Waals surface area contributed by atoms with E-state index in [9.17, 15) is 5.11 Å². The molecule has 3 nitrogen and oxygen atoms in total. The Morgan fingerprint density at radius 1 is 1.40 bits per heavy atom. The molecule has 20 heavy (non-hydrogen) atoms. The van der Waals surface area contributed by atoms with E-state index in [0.717, 1.165) is 23.7 Å². The van der Waals surface area contributed by atoms with E-state index in [1.807, 2.05) is 40.3 Å². The summed E-state index contributed by atoms with van der Waals surface area (Å²) in [7, 11) is 0. The lowest BCUT2D eigenvalue weighted by molar-refractivity contribution is 0.176. The highest BCUT2D eigenvalue weighted by molar-refractivity contribution is 8.06. The van der Waals surface area contributed by atoms with E-state index in [4.69, 9.17) is 0 Å². The Morgan fingerprint density at radius 3 is 3.00 bits per heavy atom. The highest BCUT2D eigenvalue weighted by Crippen LogP contribution is 2.29. The average Bonchev–Trinajstić information content (AvgIpc) is 2.86. The van der Waals surface area contributed by atoms with Crippen LogP contribution in [0.4, 0.5) is 0 Å². The third-order valence-corrected chi connectivity index (χ3v) is 6.61. The van der Waals surface area contributed by atoms with Crippen LogP contribution in [0.5, 0.6) is 0 Å². The molecule has 1 aliphatic rings. The lowest BCUT2D eigenvalue weighted by Gasteiger charge is -2.25. The maximum atomic E-state index is 10.5. The molecule has 5 heteroatoms. The van der Waals surface area contributed by atoms with Gasteiger partial charge in [-0.05, 0) is 13.0 Å². The van der Waals surface area contributed by atoms with Gasteiger partial charge in [0.05, 0.1) is 17.3 Å². The highest BCUT2D eigenvalue weighted by atomic mass is 32.2. The van der Waals surface area contributed by atoms with Crippen LogP contribution in [0.2, 0.25) is 0 Å². The van der Waals surface area contributed by atoms with Gasteiger partial charge in [0, 0.05) is 40.9 Å². The zero-order chi connectivity index (χ0) is 13.9. The molecule has 0 bridgehead atoms. The number of aromatic nitrogens is 2. The predicted molar refractivity (Wildman–Crippen MR) is 88.7 cm³/mol. The summed E-state index contributed by atoms with van der Waals surface area (Å²) in [5, 5.41) is 16.7. The number of aryl methyl sites for hydroxylation is 1. The van der Waals surface area contributed by atoms with Gasteiger partial charge in [-0.25, -0.2) is 0 Å². The van der Waals surface area contributed by atoms with E-state index in [1.165, 1.54) is 16.7 Å². The van der Waals surface area contributed by atoms with Gasteiger partial charge in [0.2, 0.25) is 0 Å². The number of hydrogen-bond donors (Lipinski definition) is 1. The van der Waals surface area contributed by atoms with Crippen molar-refractivity contribution in [3.63, 3.8) is 0 Å². The van der Waals surface area contributed by atoms with E-state index < -0.39 is 0 Å². The molecule has 0 saturated carbocycles. The fourth-order valence-corrected chi connectivity index (χ4v) is 5.42. The van der Waals surface area contributed by atoms with Crippen molar-refractivity contribution in [3.05, 3.63) is 30.0 Å². The molecule has 0 amide bonds. The summed E-state index contributed by atoms with van der Waals surface area (Å²) >= 11 is 3.85. The van der Waals surface area contributed by atoms with E-state index in [-0.39, 0.29) is 6.10 Å². The number of nitrogens with zero attached hydrogens (tertiary/aromatic N) is 2. The van der Waals surface area contributed by atoms with Gasteiger partial charge in [-0.3, -0.25) is 4.68 Å². The highest BCUT2D eigenvalue weighted by Gasteiger charge is 2.24. The van der Waals surface area contributed by atoms with Crippen molar-refractivity contribution in [2.45, 2.75) is 31.2 Å². The van der Waals surface area contributed by atoms with Crippen molar-refractivity contribution >= 4 is 34.4 Å². The molecule has 2 unspecified atom stereocenters. The van der Waals surface area contributed by atoms with Crippen LogP contribution in [0.25, 0.3) is 10.9 Å². The Morgan fingerprint density at radius 2 is 2.25 bits per heavy atom. The Bertz CT molecular complexity index is 578. The minimum atomic E-state index is -0.295. The van der Waals surface area contributed by atoms with Gasteiger partial charge in [-0.2, -0.15) is 28.6 Å². The number of thioether (sulfide) groups is 2. The van der Waals surface area contributed by atoms with Crippen LogP contribution in [0.3, 0.4) is 0 Å². The van der Waals surface area contributed by atoms with E-state index in [0.29, 0.717) is 11.7 Å². The molecule has 2 heterocycles. The zero-order valence-corrected chi connectivity index (χ0v) is 13.3. The number of fused-ring (bicyclic) bond motifs is 1. The molecule has 1 saturated heterocycles. The first-order valence-corrected chi connectivity index (χ1v) is 9.31. The van der Waals surface area contributed by atoms with E-state index in [1.54, 1.807) is 0 Å². The van der Waals surface area contributed by atoms with Crippen LogP contribution in [-0.2, 0) is 13.0 Å². The van der Waals surface area contributed by atoms with Crippen LogP contribution in [0.1, 0.15) is 12.6 Å². The molecule has 0 radical (unpaired) electrons. The first-order chi connectivity index (χ1) is 9.79. The molecule has 108 valence electrons. The molecule has 1 aromatic heterocycles. The van der Waals surface area contributed by atoms with Crippen molar-refractivity contribution in [3.8, 4) is 0 Å². The summed E-state index contributed by atoms with van der Waals surface area (Å²) in [6.45, 7) is 2.97. The second kappa shape index (κ2) is 6.41. The van der Waals surface area contributed by atoms with Crippen molar-refractivity contribution < 1.29 is 5.11 Å². The molecule has 1 N–H and O–H groups in total. The number of hydrogen-bond acceptors (Lipinski definition) is 4. The molecule has 1 fully saturated rings. The first-order valence-electron chi connectivity index (χ1n) is 7.11. The Hall–Kier alpha value is -0.650. The van der Waals surface area contributed by atoms with Gasteiger partial charge in [0.1, 0.15) is 0 Å². The second-order valence-electron chi connectivity index (χ2n) is 5.04. The largest absolute Gasteiger partial charge is 0.392 e. The van der Waals surface area contributed by atoms with E-state index in [2.05, 4.69) is 24.2 Å². The lowest BCUT2D eigenvalue weighted by Crippen LogP contribution is -2.30. The summed E-state index contributed by atoms with van der Waals surface area (Å²) in [5.74, 6) is 3.41. The summed E-state index contributed by atoms with van der Waals surface area (Å²) in [6.07, 6.45) is 0.363. The van der Waals surface area contributed by atoms with E-state index >= 15 is 0 Å². The third-order valence-electron chi connectivity index (χ3n) is 3.71. The maximum absolute atomic E-state index is 10.5. The summed E-state index contributed by atoms with van der Waals surface area (Å²) in [4.78, 5) is 0. The van der Waals surface area contributed by atoms with Crippen molar-refractivity contribution in [2.24, 2.45) is 0 Å². The smallest absolute Gasteiger partial charge is 0.0729 e. The Labute approximate surface area is 128 Å². The summed E-state index contributed by atoms with van der Waals surface area (Å²) in [6, 6.07) is 8.31. The summed E-state index contributed by atoms with van der Waals surface area (Å²) in [5.41, 5.74) is 2.20. The number of benzene rings is 1. The van der Waals surface area contributed by atoms with Gasteiger partial charge in [-0.15, -0.1) is 0 Å². The van der Waals surface area contributed by atoms with Crippen LogP contribution in [0.15, 0.2) is 24.3 Å². The lowest BCUT2D eigenvalue weighted by atomic mass is 10.1. The molecular weight excluding hydrogens is 288 g/mol. The molecule has 0 aliphatic carbocycles. The molecule has 2 aromatic rings. The summed E-state index contributed by atoms with van der Waals surface area (Å²) < 4.78 is 2.03. The van der Waals surface area contributed by atoms with Crippen LogP contribution in [0, 0.1) is 0 Å². The normalized spacial score (nSPS) is 21.2. The molecule has 1 aliphatic heterocycles. The fourth-order valence-electron chi connectivity index (χ4n) is 2.65. The minimum absolute atomic E-state index is 0.295. The molecule has 2 atom stereocenters. The van der Waals surface area contributed by atoms with Crippen LogP contribution in [-0.4, -0.2) is 43.5 Å². The standard InChI is InChI=1S/C15H20N2OS2/c1-2-17-13-6-4-3-5-11(13)12(16-17)9-14(18)15-10-19-7-8-20-15/h3-6,14-15,18H,2,7-10H2,1H3. The van der Waals surface area contributed by atoms with Gasteiger partial charge in [0.25, 0.3) is 0 Å². The average molecular weight is 308 g/mol. The van der Waals surface area contributed by atoms with Gasteiger partial charge in [-0.1, -0.05) is 18.2 Å². The quantitative estimate of drug-likeness (QED) is 0.942. The Balaban J connectivity index is 1.83. The topological polar surface area (TPSA) is 38.0 Å². The number of aliphatic hydroxyl groups excluding tert-OH is 1. The van der Waals surface area contributed by atoms with Crippen molar-refractivity contribution in [1.82, 2.24) is 9.78 Å². The fraction of sp³-hybridized carbons (Fsp3) is 0.533.